The van der Waals surface area contributed by atoms with Gasteiger partial charge in [-0.2, -0.15) is 0 Å². The van der Waals surface area contributed by atoms with Crippen LogP contribution >= 0.6 is 0 Å². The fourth-order valence-electron chi connectivity index (χ4n) is 3.81. The molecule has 2 aliphatic heterocycles. The number of carbonyl (C=O) groups is 4. The van der Waals surface area contributed by atoms with Gasteiger partial charge in [0.05, 0.1) is 12.1 Å². The van der Waals surface area contributed by atoms with E-state index in [0.717, 1.165) is 23.4 Å². The minimum atomic E-state index is -0.548. The summed E-state index contributed by atoms with van der Waals surface area (Å²) in [6, 6.07) is 8.35. The Bertz CT molecular complexity index is 1030. The molecule has 32 heavy (non-hydrogen) atoms. The van der Waals surface area contributed by atoms with Gasteiger partial charge in [-0.25, -0.2) is 9.18 Å². The third kappa shape index (κ3) is 4.74. The van der Waals surface area contributed by atoms with Crippen LogP contribution in [0.25, 0.3) is 0 Å². The molecule has 10 heteroatoms. The number of nitrogens with zero attached hydrogens (tertiary/aromatic N) is 3. The topological polar surface area (TPSA) is 112 Å². The van der Waals surface area contributed by atoms with E-state index in [1.54, 1.807) is 17.0 Å². The lowest BCUT2D eigenvalue weighted by molar-refractivity contribution is -0.137. The monoisotopic (exact) mass is 439 g/mol. The van der Waals surface area contributed by atoms with Crippen LogP contribution in [0, 0.1) is 5.82 Å². The zero-order valence-corrected chi connectivity index (χ0v) is 17.2. The van der Waals surface area contributed by atoms with E-state index >= 15 is 0 Å². The summed E-state index contributed by atoms with van der Waals surface area (Å²) in [4.78, 5) is 55.4. The Kier molecular flexibility index (Phi) is 6.11. The molecular weight excluding hydrogens is 417 g/mol. The second-order valence-corrected chi connectivity index (χ2v) is 7.75. The number of likely N-dealkylation sites (tertiary alicyclic amines) is 1. The molecule has 1 aromatic carbocycles. The van der Waals surface area contributed by atoms with Gasteiger partial charge in [-0.05, 0) is 49.2 Å². The van der Waals surface area contributed by atoms with E-state index in [2.05, 4.69) is 15.6 Å². The summed E-state index contributed by atoms with van der Waals surface area (Å²) in [6.07, 6.45) is 3.08. The Morgan fingerprint density at radius 2 is 1.94 bits per heavy atom. The number of hydrogen-bond donors (Lipinski definition) is 2. The number of benzene rings is 1. The number of hydrogen-bond acceptors (Lipinski definition) is 5. The van der Waals surface area contributed by atoms with E-state index in [1.165, 1.54) is 30.5 Å². The number of halogens is 1. The van der Waals surface area contributed by atoms with Gasteiger partial charge in [0.1, 0.15) is 12.4 Å². The molecule has 4 rings (SSSR count). The zero-order chi connectivity index (χ0) is 22.7. The van der Waals surface area contributed by atoms with Gasteiger partial charge in [0.25, 0.3) is 11.8 Å². The minimum absolute atomic E-state index is 0.00924. The Labute approximate surface area is 183 Å². The summed E-state index contributed by atoms with van der Waals surface area (Å²) in [5.74, 6) is -1.44. The van der Waals surface area contributed by atoms with Crippen LogP contribution in [0.2, 0.25) is 0 Å². The van der Waals surface area contributed by atoms with Gasteiger partial charge < -0.3 is 15.5 Å². The van der Waals surface area contributed by atoms with Crippen LogP contribution in [-0.2, 0) is 9.59 Å². The van der Waals surface area contributed by atoms with Crippen molar-refractivity contribution in [2.75, 3.05) is 31.5 Å². The SMILES string of the molecule is O=C(Nc1ccc(F)cc1)c1ccc(C2CCCN(C(=O)CN3C(=O)CNC3=O)C2)nc1. The van der Waals surface area contributed by atoms with Crippen LogP contribution in [0.3, 0.4) is 0 Å². The number of aromatic nitrogens is 1. The first-order valence-electron chi connectivity index (χ1n) is 10.3. The maximum absolute atomic E-state index is 13.0. The number of piperidine rings is 1. The van der Waals surface area contributed by atoms with Gasteiger partial charge in [0, 0.05) is 36.6 Å². The maximum atomic E-state index is 13.0. The molecule has 0 spiro atoms. The third-order valence-corrected chi connectivity index (χ3v) is 5.57. The molecule has 2 fully saturated rings. The molecule has 0 radical (unpaired) electrons. The van der Waals surface area contributed by atoms with Crippen LogP contribution in [0.4, 0.5) is 14.9 Å². The first kappa shape index (κ1) is 21.4. The van der Waals surface area contributed by atoms with Crippen molar-refractivity contribution in [3.63, 3.8) is 0 Å². The molecule has 1 aromatic heterocycles. The summed E-state index contributed by atoms with van der Waals surface area (Å²) < 4.78 is 13.0. The highest BCUT2D eigenvalue weighted by Gasteiger charge is 2.33. The van der Waals surface area contributed by atoms with Gasteiger partial charge in [0.15, 0.2) is 0 Å². The first-order chi connectivity index (χ1) is 15.4. The average molecular weight is 439 g/mol. The lowest BCUT2D eigenvalue weighted by Gasteiger charge is -2.33. The Morgan fingerprint density at radius 1 is 1.16 bits per heavy atom. The molecular formula is C22H22FN5O4. The first-order valence-corrected chi connectivity index (χ1v) is 10.3. The second kappa shape index (κ2) is 9.13. The molecule has 2 saturated heterocycles. The largest absolute Gasteiger partial charge is 0.340 e. The fraction of sp³-hybridized carbons (Fsp3) is 0.318. The standard InChI is InChI=1S/C22H22FN5O4/c23-16-4-6-17(7-5-16)26-21(31)14-3-8-18(24-10-14)15-2-1-9-27(12-15)20(30)13-28-19(29)11-25-22(28)32/h3-8,10,15H,1-2,9,11-13H2,(H,25,32)(H,26,31). The van der Waals surface area contributed by atoms with Crippen molar-refractivity contribution in [1.29, 1.82) is 0 Å². The number of anilines is 1. The van der Waals surface area contributed by atoms with E-state index in [0.29, 0.717) is 24.3 Å². The van der Waals surface area contributed by atoms with E-state index in [-0.39, 0.29) is 36.6 Å². The quantitative estimate of drug-likeness (QED) is 0.690. The third-order valence-electron chi connectivity index (χ3n) is 5.57. The average Bonchev–Trinajstić information content (AvgIpc) is 3.13. The summed E-state index contributed by atoms with van der Waals surface area (Å²) in [7, 11) is 0. The summed E-state index contributed by atoms with van der Waals surface area (Å²) in [5.41, 5.74) is 1.60. The van der Waals surface area contributed by atoms with Crippen LogP contribution in [0.1, 0.15) is 34.8 Å². The smallest absolute Gasteiger partial charge is 0.325 e. The van der Waals surface area contributed by atoms with Crippen molar-refractivity contribution >= 4 is 29.4 Å². The number of imide groups is 1. The van der Waals surface area contributed by atoms with E-state index in [9.17, 15) is 23.6 Å². The highest BCUT2D eigenvalue weighted by Crippen LogP contribution is 2.26. The second-order valence-electron chi connectivity index (χ2n) is 7.75. The highest BCUT2D eigenvalue weighted by molar-refractivity contribution is 6.05. The van der Waals surface area contributed by atoms with Gasteiger partial charge in [-0.15, -0.1) is 0 Å². The number of urea groups is 1. The normalized spacial score (nSPS) is 18.5. The number of amides is 5. The molecule has 0 bridgehead atoms. The molecule has 0 saturated carbocycles. The van der Waals surface area contributed by atoms with Gasteiger partial charge in [-0.3, -0.25) is 24.3 Å². The summed E-state index contributed by atoms with van der Waals surface area (Å²) in [5, 5.41) is 5.09. The zero-order valence-electron chi connectivity index (χ0n) is 17.2. The van der Waals surface area contributed by atoms with Crippen molar-refractivity contribution in [1.82, 2.24) is 20.1 Å². The van der Waals surface area contributed by atoms with Crippen LogP contribution < -0.4 is 10.6 Å². The number of nitrogens with one attached hydrogen (secondary N) is 2. The van der Waals surface area contributed by atoms with Crippen LogP contribution in [0.5, 0.6) is 0 Å². The Balaban J connectivity index is 1.36. The lowest BCUT2D eigenvalue weighted by Crippen LogP contribution is -2.46. The number of pyridine rings is 1. The molecule has 5 amide bonds. The van der Waals surface area contributed by atoms with E-state index in [1.807, 2.05) is 0 Å². The van der Waals surface area contributed by atoms with Crippen LogP contribution in [-0.4, -0.2) is 64.7 Å². The number of rotatable bonds is 5. The molecule has 2 aliphatic rings. The Morgan fingerprint density at radius 3 is 2.59 bits per heavy atom. The maximum Gasteiger partial charge on any atom is 0.325 e. The van der Waals surface area contributed by atoms with E-state index in [4.69, 9.17) is 0 Å². The molecule has 1 unspecified atom stereocenters. The predicted octanol–water partition coefficient (Wildman–Crippen LogP) is 1.73. The molecule has 2 aromatic rings. The van der Waals surface area contributed by atoms with Gasteiger partial charge >= 0.3 is 6.03 Å². The molecule has 166 valence electrons. The minimum Gasteiger partial charge on any atom is -0.340 e. The van der Waals surface area contributed by atoms with Crippen molar-refractivity contribution in [2.24, 2.45) is 0 Å². The van der Waals surface area contributed by atoms with E-state index < -0.39 is 11.9 Å². The van der Waals surface area contributed by atoms with Crippen molar-refractivity contribution < 1.29 is 23.6 Å². The molecule has 3 heterocycles. The van der Waals surface area contributed by atoms with Gasteiger partial charge in [0.2, 0.25) is 5.91 Å². The molecule has 1 atom stereocenters. The predicted molar refractivity (Wildman–Crippen MR) is 112 cm³/mol. The van der Waals surface area contributed by atoms with Crippen LogP contribution in [0.15, 0.2) is 42.6 Å². The highest BCUT2D eigenvalue weighted by atomic mass is 19.1. The summed E-state index contributed by atoms with van der Waals surface area (Å²) in [6.45, 7) is 0.626. The Hall–Kier alpha value is -3.82. The van der Waals surface area contributed by atoms with Crippen molar-refractivity contribution in [3.8, 4) is 0 Å². The van der Waals surface area contributed by atoms with Crippen molar-refractivity contribution in [2.45, 2.75) is 18.8 Å². The number of carbonyl (C=O) groups excluding carboxylic acids is 4. The molecule has 2 N–H and O–H groups in total. The molecule has 0 aliphatic carbocycles. The molecule has 9 nitrogen and oxygen atoms in total. The van der Waals surface area contributed by atoms with Crippen molar-refractivity contribution in [3.05, 3.63) is 59.7 Å². The summed E-state index contributed by atoms with van der Waals surface area (Å²) >= 11 is 0. The fourth-order valence-corrected chi connectivity index (χ4v) is 3.81. The lowest BCUT2D eigenvalue weighted by atomic mass is 9.94. The van der Waals surface area contributed by atoms with Gasteiger partial charge in [-0.1, -0.05) is 0 Å².